The molecule has 0 aliphatic carbocycles. The molecule has 1 aliphatic heterocycles. The minimum absolute atomic E-state index is 0.0235. The molecular weight excluding hydrogens is 328 g/mol. The van der Waals surface area contributed by atoms with Crippen molar-refractivity contribution in [2.45, 2.75) is 13.0 Å². The quantitative estimate of drug-likeness (QED) is 0.823. The summed E-state index contributed by atoms with van der Waals surface area (Å²) >= 11 is 0. The maximum Gasteiger partial charge on any atom is 0.225 e. The maximum atomic E-state index is 12.4. The summed E-state index contributed by atoms with van der Waals surface area (Å²) in [6.07, 6.45) is 3.73. The van der Waals surface area contributed by atoms with Crippen LogP contribution in [0.25, 0.3) is 0 Å². The highest BCUT2D eigenvalue weighted by molar-refractivity contribution is 5.89. The molecule has 0 bridgehead atoms. The monoisotopic (exact) mass is 352 g/mol. The van der Waals surface area contributed by atoms with E-state index in [0.29, 0.717) is 19.6 Å². The lowest BCUT2D eigenvalue weighted by Crippen LogP contribution is -2.37. The second kappa shape index (κ2) is 8.47. The van der Waals surface area contributed by atoms with Gasteiger partial charge in [0.2, 0.25) is 11.8 Å². The lowest BCUT2D eigenvalue weighted by Gasteiger charge is -2.20. The zero-order valence-electron chi connectivity index (χ0n) is 15.0. The minimum atomic E-state index is -0.277. The predicted molar refractivity (Wildman–Crippen MR) is 100 cm³/mol. The van der Waals surface area contributed by atoms with Gasteiger partial charge in [0, 0.05) is 57.7 Å². The first-order valence-electron chi connectivity index (χ1n) is 8.84. The maximum absolute atomic E-state index is 12.4. The van der Waals surface area contributed by atoms with Gasteiger partial charge in [0.25, 0.3) is 0 Å². The van der Waals surface area contributed by atoms with Crippen LogP contribution in [0.15, 0.2) is 54.9 Å². The molecule has 1 aromatic heterocycles. The van der Waals surface area contributed by atoms with Crippen molar-refractivity contribution in [2.24, 2.45) is 5.92 Å². The van der Waals surface area contributed by atoms with Gasteiger partial charge in [0.05, 0.1) is 5.92 Å². The predicted octanol–water partition coefficient (Wildman–Crippen LogP) is 1.68. The zero-order valence-corrected chi connectivity index (χ0v) is 15.0. The fourth-order valence-corrected chi connectivity index (χ4v) is 3.12. The van der Waals surface area contributed by atoms with Crippen LogP contribution >= 0.6 is 0 Å². The normalized spacial score (nSPS) is 16.6. The number of pyridine rings is 1. The smallest absolute Gasteiger partial charge is 0.225 e. The van der Waals surface area contributed by atoms with E-state index in [1.807, 2.05) is 49.5 Å². The van der Waals surface area contributed by atoms with Crippen molar-refractivity contribution in [1.82, 2.24) is 15.2 Å². The van der Waals surface area contributed by atoms with Gasteiger partial charge in [0.15, 0.2) is 0 Å². The van der Waals surface area contributed by atoms with Crippen LogP contribution in [0.1, 0.15) is 12.0 Å². The molecule has 1 N–H and O–H groups in total. The molecule has 2 amide bonds. The molecule has 0 saturated carbocycles. The van der Waals surface area contributed by atoms with E-state index in [2.05, 4.69) is 15.2 Å². The molecule has 1 fully saturated rings. The Hall–Kier alpha value is -2.89. The molecule has 6 heteroatoms. The first-order chi connectivity index (χ1) is 12.6. The Morgan fingerprint density at radius 1 is 1.27 bits per heavy atom. The number of carbonyl (C=O) groups is 2. The Bertz CT molecular complexity index is 736. The lowest BCUT2D eigenvalue weighted by molar-refractivity contribution is -0.129. The number of nitrogens with one attached hydrogen (secondary N) is 1. The third-order valence-electron chi connectivity index (χ3n) is 4.62. The molecule has 0 unspecified atom stereocenters. The van der Waals surface area contributed by atoms with E-state index in [9.17, 15) is 9.59 Å². The molecule has 2 heterocycles. The van der Waals surface area contributed by atoms with Crippen molar-refractivity contribution in [1.29, 1.82) is 0 Å². The van der Waals surface area contributed by atoms with Crippen molar-refractivity contribution in [3.63, 3.8) is 0 Å². The topological polar surface area (TPSA) is 65.5 Å². The van der Waals surface area contributed by atoms with Crippen LogP contribution in [0.5, 0.6) is 0 Å². The van der Waals surface area contributed by atoms with Crippen molar-refractivity contribution >= 4 is 17.5 Å². The first-order valence-corrected chi connectivity index (χ1v) is 8.84. The third kappa shape index (κ3) is 4.59. The number of para-hydroxylation sites is 1. The van der Waals surface area contributed by atoms with Gasteiger partial charge in [0.1, 0.15) is 0 Å². The van der Waals surface area contributed by atoms with Crippen LogP contribution < -0.4 is 10.2 Å². The van der Waals surface area contributed by atoms with Crippen molar-refractivity contribution < 1.29 is 9.59 Å². The van der Waals surface area contributed by atoms with Gasteiger partial charge in [-0.3, -0.25) is 14.6 Å². The summed E-state index contributed by atoms with van der Waals surface area (Å²) in [6, 6.07) is 13.8. The van der Waals surface area contributed by atoms with Crippen LogP contribution in [0.2, 0.25) is 0 Å². The van der Waals surface area contributed by atoms with E-state index in [0.717, 1.165) is 17.8 Å². The number of benzene rings is 1. The molecule has 1 atom stereocenters. The molecule has 0 radical (unpaired) electrons. The van der Waals surface area contributed by atoms with E-state index in [-0.39, 0.29) is 24.2 Å². The number of rotatable bonds is 7. The summed E-state index contributed by atoms with van der Waals surface area (Å²) in [5, 5.41) is 2.96. The Morgan fingerprint density at radius 2 is 2.08 bits per heavy atom. The summed E-state index contributed by atoms with van der Waals surface area (Å²) in [5.41, 5.74) is 2.09. The fourth-order valence-electron chi connectivity index (χ4n) is 3.12. The Labute approximate surface area is 153 Å². The molecule has 1 aromatic carbocycles. The summed E-state index contributed by atoms with van der Waals surface area (Å²) in [6.45, 7) is 2.24. The van der Waals surface area contributed by atoms with Gasteiger partial charge in [-0.15, -0.1) is 0 Å². The van der Waals surface area contributed by atoms with Crippen LogP contribution in [0.4, 0.5) is 5.69 Å². The molecule has 0 spiro atoms. The van der Waals surface area contributed by atoms with Gasteiger partial charge >= 0.3 is 0 Å². The van der Waals surface area contributed by atoms with E-state index >= 15 is 0 Å². The molecule has 3 rings (SSSR count). The number of carbonyl (C=O) groups excluding carboxylic acids is 2. The number of hydrogen-bond donors (Lipinski definition) is 1. The van der Waals surface area contributed by atoms with Gasteiger partial charge in [-0.1, -0.05) is 24.3 Å². The molecule has 6 nitrogen and oxygen atoms in total. The Morgan fingerprint density at radius 3 is 2.81 bits per heavy atom. The van der Waals surface area contributed by atoms with Crippen molar-refractivity contribution in [3.05, 3.63) is 60.4 Å². The second-order valence-electron chi connectivity index (χ2n) is 6.58. The highest BCUT2D eigenvalue weighted by Gasteiger charge is 2.34. The number of anilines is 1. The van der Waals surface area contributed by atoms with Gasteiger partial charge in [-0.25, -0.2) is 0 Å². The fraction of sp³-hybridized carbons (Fsp3) is 0.350. The molecule has 1 aliphatic rings. The Kier molecular flexibility index (Phi) is 5.84. The zero-order chi connectivity index (χ0) is 18.4. The largest absolute Gasteiger partial charge is 0.373 e. The first kappa shape index (κ1) is 17.9. The van der Waals surface area contributed by atoms with Crippen molar-refractivity contribution in [2.75, 3.05) is 31.6 Å². The second-order valence-corrected chi connectivity index (χ2v) is 6.58. The summed E-state index contributed by atoms with van der Waals surface area (Å²) in [4.78, 5) is 32.5. The third-order valence-corrected chi connectivity index (χ3v) is 4.62. The van der Waals surface area contributed by atoms with Gasteiger partial charge in [-0.05, 0) is 23.8 Å². The van der Waals surface area contributed by atoms with Crippen LogP contribution in [0, 0.1) is 5.92 Å². The molecule has 136 valence electrons. The van der Waals surface area contributed by atoms with Crippen molar-refractivity contribution in [3.8, 4) is 0 Å². The Balaban J connectivity index is 1.44. The SMILES string of the molecule is CN(CCNC(=O)[C@@H]1CC(=O)N(Cc2cccnc2)C1)c1ccccc1. The molecule has 1 saturated heterocycles. The number of likely N-dealkylation sites (N-methyl/N-ethyl adjacent to an activating group) is 1. The van der Waals surface area contributed by atoms with E-state index < -0.39 is 0 Å². The standard InChI is InChI=1S/C20H24N4O2/c1-23(18-7-3-2-4-8-18)11-10-22-20(26)17-12-19(25)24(15-17)14-16-6-5-9-21-13-16/h2-9,13,17H,10-12,14-15H2,1H3,(H,22,26)/t17-/m1/s1. The summed E-state index contributed by atoms with van der Waals surface area (Å²) < 4.78 is 0. The summed E-state index contributed by atoms with van der Waals surface area (Å²) in [5.74, 6) is -0.301. The minimum Gasteiger partial charge on any atom is -0.373 e. The number of hydrogen-bond acceptors (Lipinski definition) is 4. The number of likely N-dealkylation sites (tertiary alicyclic amines) is 1. The van der Waals surface area contributed by atoms with Gasteiger partial charge in [-0.2, -0.15) is 0 Å². The average Bonchev–Trinajstić information content (AvgIpc) is 3.04. The molecular formula is C20H24N4O2. The highest BCUT2D eigenvalue weighted by Crippen LogP contribution is 2.20. The molecule has 2 aromatic rings. The van der Waals surface area contributed by atoms with E-state index in [1.54, 1.807) is 17.3 Å². The van der Waals surface area contributed by atoms with Crippen LogP contribution in [0.3, 0.4) is 0 Å². The number of amides is 2. The number of aromatic nitrogens is 1. The van der Waals surface area contributed by atoms with Gasteiger partial charge < -0.3 is 15.1 Å². The lowest BCUT2D eigenvalue weighted by atomic mass is 10.1. The van der Waals surface area contributed by atoms with E-state index in [1.165, 1.54) is 0 Å². The average molecular weight is 352 g/mol. The van der Waals surface area contributed by atoms with E-state index in [4.69, 9.17) is 0 Å². The summed E-state index contributed by atoms with van der Waals surface area (Å²) in [7, 11) is 2.00. The highest BCUT2D eigenvalue weighted by atomic mass is 16.2. The molecule has 26 heavy (non-hydrogen) atoms. The number of nitrogens with zero attached hydrogens (tertiary/aromatic N) is 3. The van der Waals surface area contributed by atoms with Crippen LogP contribution in [-0.4, -0.2) is 48.4 Å². The van der Waals surface area contributed by atoms with Crippen LogP contribution in [-0.2, 0) is 16.1 Å².